The Morgan fingerprint density at radius 2 is 2.22 bits per heavy atom. The molecule has 0 radical (unpaired) electrons. The SMILES string of the molecule is Cc1ccc(N)c(C(=O)CCc2cnn(C)c2)c1. The fraction of sp³-hybridized carbons (Fsp3) is 0.286. The molecule has 0 fully saturated rings. The third-order valence-electron chi connectivity index (χ3n) is 2.91. The van der Waals surface area contributed by atoms with Gasteiger partial charge in [0, 0.05) is 30.9 Å². The largest absolute Gasteiger partial charge is 0.398 e. The van der Waals surface area contributed by atoms with Crippen LogP contribution in [0.3, 0.4) is 0 Å². The number of benzene rings is 1. The second-order valence-electron chi connectivity index (χ2n) is 4.54. The summed E-state index contributed by atoms with van der Waals surface area (Å²) in [6, 6.07) is 5.54. The maximum atomic E-state index is 12.1. The Balaban J connectivity index is 2.05. The number of nitrogens with two attached hydrogens (primary N) is 1. The number of aryl methyl sites for hydroxylation is 3. The molecule has 2 rings (SSSR count). The minimum Gasteiger partial charge on any atom is -0.398 e. The lowest BCUT2D eigenvalue weighted by molar-refractivity contribution is 0.0983. The molecule has 1 aromatic heterocycles. The normalized spacial score (nSPS) is 10.6. The number of hydrogen-bond acceptors (Lipinski definition) is 3. The Bertz CT molecular complexity index is 572. The van der Waals surface area contributed by atoms with Gasteiger partial charge in [0.2, 0.25) is 0 Å². The lowest BCUT2D eigenvalue weighted by Gasteiger charge is -2.05. The van der Waals surface area contributed by atoms with Crippen molar-refractivity contribution in [3.8, 4) is 0 Å². The smallest absolute Gasteiger partial charge is 0.165 e. The molecule has 2 aromatic rings. The van der Waals surface area contributed by atoms with Gasteiger partial charge in [0.15, 0.2) is 5.78 Å². The van der Waals surface area contributed by atoms with Gasteiger partial charge in [0.05, 0.1) is 6.20 Å². The molecular formula is C14H17N3O. The number of carbonyl (C=O) groups is 1. The van der Waals surface area contributed by atoms with Gasteiger partial charge in [-0.2, -0.15) is 5.10 Å². The van der Waals surface area contributed by atoms with Crippen molar-refractivity contribution in [1.82, 2.24) is 9.78 Å². The monoisotopic (exact) mass is 243 g/mol. The molecule has 0 unspecified atom stereocenters. The lowest BCUT2D eigenvalue weighted by atomic mass is 10.0. The predicted molar refractivity (Wildman–Crippen MR) is 71.5 cm³/mol. The summed E-state index contributed by atoms with van der Waals surface area (Å²) in [6.45, 7) is 1.96. The first-order valence-corrected chi connectivity index (χ1v) is 5.93. The maximum absolute atomic E-state index is 12.1. The van der Waals surface area contributed by atoms with Crippen LogP contribution in [0.2, 0.25) is 0 Å². The van der Waals surface area contributed by atoms with Crippen molar-refractivity contribution < 1.29 is 4.79 Å². The molecule has 1 heterocycles. The number of Topliss-reactive ketones (excluding diaryl/α,β-unsaturated/α-hetero) is 1. The van der Waals surface area contributed by atoms with Gasteiger partial charge in [-0.05, 0) is 31.0 Å². The van der Waals surface area contributed by atoms with Crippen LogP contribution >= 0.6 is 0 Å². The van der Waals surface area contributed by atoms with Gasteiger partial charge in [-0.15, -0.1) is 0 Å². The van der Waals surface area contributed by atoms with Crippen LogP contribution in [-0.4, -0.2) is 15.6 Å². The molecule has 18 heavy (non-hydrogen) atoms. The van der Waals surface area contributed by atoms with E-state index in [1.807, 2.05) is 32.3 Å². The third kappa shape index (κ3) is 2.77. The average Bonchev–Trinajstić information content (AvgIpc) is 2.75. The number of aromatic nitrogens is 2. The first-order valence-electron chi connectivity index (χ1n) is 5.93. The highest BCUT2D eigenvalue weighted by molar-refractivity contribution is 6.01. The number of carbonyl (C=O) groups excluding carboxylic acids is 1. The topological polar surface area (TPSA) is 60.9 Å². The zero-order valence-corrected chi connectivity index (χ0v) is 10.7. The van der Waals surface area contributed by atoms with Gasteiger partial charge in [-0.1, -0.05) is 11.6 Å². The molecule has 0 atom stereocenters. The van der Waals surface area contributed by atoms with E-state index in [4.69, 9.17) is 5.73 Å². The Labute approximate surface area is 106 Å². The van der Waals surface area contributed by atoms with Crippen LogP contribution in [0.4, 0.5) is 5.69 Å². The van der Waals surface area contributed by atoms with E-state index in [-0.39, 0.29) is 5.78 Å². The van der Waals surface area contributed by atoms with Crippen molar-refractivity contribution in [3.05, 3.63) is 47.3 Å². The number of hydrogen-bond donors (Lipinski definition) is 1. The molecule has 0 saturated heterocycles. The summed E-state index contributed by atoms with van der Waals surface area (Å²) in [5.74, 6) is 0.0834. The second kappa shape index (κ2) is 5.04. The van der Waals surface area contributed by atoms with Gasteiger partial charge >= 0.3 is 0 Å². The van der Waals surface area contributed by atoms with E-state index in [1.165, 1.54) is 0 Å². The third-order valence-corrected chi connectivity index (χ3v) is 2.91. The highest BCUT2D eigenvalue weighted by atomic mass is 16.1. The van der Waals surface area contributed by atoms with Crippen LogP contribution in [0, 0.1) is 6.92 Å². The Hall–Kier alpha value is -2.10. The van der Waals surface area contributed by atoms with E-state index >= 15 is 0 Å². The van der Waals surface area contributed by atoms with Crippen LogP contribution in [0.25, 0.3) is 0 Å². The fourth-order valence-corrected chi connectivity index (χ4v) is 1.91. The van der Waals surface area contributed by atoms with Gasteiger partial charge in [-0.3, -0.25) is 9.48 Å². The van der Waals surface area contributed by atoms with E-state index in [0.717, 1.165) is 11.1 Å². The molecular weight excluding hydrogens is 226 g/mol. The Morgan fingerprint density at radius 1 is 1.44 bits per heavy atom. The van der Waals surface area contributed by atoms with Gasteiger partial charge in [-0.25, -0.2) is 0 Å². The predicted octanol–water partition coefficient (Wildman–Crippen LogP) is 2.13. The number of anilines is 1. The minimum atomic E-state index is 0.0834. The average molecular weight is 243 g/mol. The highest BCUT2D eigenvalue weighted by Gasteiger charge is 2.10. The summed E-state index contributed by atoms with van der Waals surface area (Å²) in [6.07, 6.45) is 4.86. The van der Waals surface area contributed by atoms with Crippen molar-refractivity contribution in [2.45, 2.75) is 19.8 Å². The quantitative estimate of drug-likeness (QED) is 0.661. The lowest BCUT2D eigenvalue weighted by Crippen LogP contribution is -2.05. The molecule has 0 spiro atoms. The first kappa shape index (κ1) is 12.4. The number of nitrogen functional groups attached to an aromatic ring is 1. The summed E-state index contributed by atoms with van der Waals surface area (Å²) in [7, 11) is 1.86. The van der Waals surface area contributed by atoms with E-state index in [1.54, 1.807) is 16.9 Å². The van der Waals surface area contributed by atoms with Gasteiger partial charge in [0.1, 0.15) is 0 Å². The minimum absolute atomic E-state index is 0.0834. The van der Waals surface area contributed by atoms with Crippen LogP contribution in [0.1, 0.15) is 27.9 Å². The molecule has 2 N–H and O–H groups in total. The molecule has 94 valence electrons. The summed E-state index contributed by atoms with van der Waals surface area (Å²) >= 11 is 0. The summed E-state index contributed by atoms with van der Waals surface area (Å²) in [4.78, 5) is 12.1. The van der Waals surface area contributed by atoms with E-state index in [0.29, 0.717) is 24.1 Å². The van der Waals surface area contributed by atoms with Crippen molar-refractivity contribution in [3.63, 3.8) is 0 Å². The molecule has 0 aliphatic heterocycles. The van der Waals surface area contributed by atoms with Crippen LogP contribution in [0.5, 0.6) is 0 Å². The van der Waals surface area contributed by atoms with Gasteiger partial charge in [0.25, 0.3) is 0 Å². The Kier molecular flexibility index (Phi) is 3.46. The van der Waals surface area contributed by atoms with Crippen molar-refractivity contribution >= 4 is 11.5 Å². The maximum Gasteiger partial charge on any atom is 0.165 e. The van der Waals surface area contributed by atoms with Gasteiger partial charge < -0.3 is 5.73 Å². The molecule has 4 nitrogen and oxygen atoms in total. The van der Waals surface area contributed by atoms with Crippen LogP contribution < -0.4 is 5.73 Å². The number of ketones is 1. The van der Waals surface area contributed by atoms with E-state index < -0.39 is 0 Å². The highest BCUT2D eigenvalue weighted by Crippen LogP contribution is 2.16. The molecule has 0 bridgehead atoms. The number of rotatable bonds is 4. The molecule has 4 heteroatoms. The van der Waals surface area contributed by atoms with Crippen molar-refractivity contribution in [2.75, 3.05) is 5.73 Å². The fourth-order valence-electron chi connectivity index (χ4n) is 1.91. The summed E-state index contributed by atoms with van der Waals surface area (Å²) in [5, 5.41) is 4.08. The molecule has 1 aromatic carbocycles. The molecule has 0 aliphatic carbocycles. The standard InChI is InChI=1S/C14H17N3O/c1-10-3-5-13(15)12(7-10)14(18)6-4-11-8-16-17(2)9-11/h3,5,7-9H,4,6,15H2,1-2H3. The zero-order valence-electron chi connectivity index (χ0n) is 10.7. The van der Waals surface area contributed by atoms with Crippen molar-refractivity contribution in [1.29, 1.82) is 0 Å². The first-order chi connectivity index (χ1) is 8.56. The van der Waals surface area contributed by atoms with Crippen molar-refractivity contribution in [2.24, 2.45) is 7.05 Å². The molecule has 0 aliphatic rings. The molecule has 0 amide bonds. The summed E-state index contributed by atoms with van der Waals surface area (Å²) < 4.78 is 1.74. The molecule has 0 saturated carbocycles. The van der Waals surface area contributed by atoms with E-state index in [9.17, 15) is 4.79 Å². The van der Waals surface area contributed by atoms with Crippen LogP contribution in [-0.2, 0) is 13.5 Å². The van der Waals surface area contributed by atoms with E-state index in [2.05, 4.69) is 5.10 Å². The second-order valence-corrected chi connectivity index (χ2v) is 4.54. The zero-order chi connectivity index (χ0) is 13.1. The Morgan fingerprint density at radius 3 is 2.89 bits per heavy atom. The summed E-state index contributed by atoms with van der Waals surface area (Å²) in [5.41, 5.74) is 9.12. The number of nitrogens with zero attached hydrogens (tertiary/aromatic N) is 2. The van der Waals surface area contributed by atoms with Crippen LogP contribution in [0.15, 0.2) is 30.6 Å².